The molecule has 0 saturated carbocycles. The van der Waals surface area contributed by atoms with Gasteiger partial charge in [0.05, 0.1) is 6.61 Å². The molecule has 2 N–H and O–H groups in total. The van der Waals surface area contributed by atoms with Crippen LogP contribution in [0.15, 0.2) is 4.99 Å². The summed E-state index contributed by atoms with van der Waals surface area (Å²) in [6, 6.07) is 0. The van der Waals surface area contributed by atoms with Crippen molar-refractivity contribution in [1.82, 2.24) is 30.3 Å². The Morgan fingerprint density at radius 1 is 1.23 bits per heavy atom. The van der Waals surface area contributed by atoms with Gasteiger partial charge in [-0.25, -0.2) is 4.99 Å². The highest BCUT2D eigenvalue weighted by Gasteiger charge is 2.14. The van der Waals surface area contributed by atoms with Crippen molar-refractivity contribution >= 4 is 5.96 Å². The Balaban J connectivity index is 1.76. The summed E-state index contributed by atoms with van der Waals surface area (Å²) in [5, 5.41) is 15.0. The Hall–Kier alpha value is -1.67. The Morgan fingerprint density at radius 3 is 2.62 bits per heavy atom. The molecule has 1 saturated heterocycles. The first kappa shape index (κ1) is 20.6. The van der Waals surface area contributed by atoms with Crippen molar-refractivity contribution < 1.29 is 4.74 Å². The molecule has 1 aromatic rings. The van der Waals surface area contributed by atoms with Crippen molar-refractivity contribution in [3.05, 3.63) is 11.6 Å². The largest absolute Gasteiger partial charge is 0.383 e. The van der Waals surface area contributed by atoms with E-state index in [0.717, 1.165) is 49.6 Å². The minimum Gasteiger partial charge on any atom is -0.383 e. The molecule has 1 aromatic heterocycles. The number of hydrogen-bond acceptors (Lipinski definition) is 5. The lowest BCUT2D eigenvalue weighted by Crippen LogP contribution is -2.41. The number of nitrogens with one attached hydrogen (secondary N) is 2. The predicted octanol–water partition coefficient (Wildman–Crippen LogP) is 0.927. The van der Waals surface area contributed by atoms with Gasteiger partial charge < -0.3 is 24.8 Å². The summed E-state index contributed by atoms with van der Waals surface area (Å²) >= 11 is 0. The molecule has 1 fully saturated rings. The fraction of sp³-hybridized carbons (Fsp3) is 0.833. The zero-order chi connectivity index (χ0) is 18.8. The zero-order valence-corrected chi connectivity index (χ0v) is 16.8. The number of aryl methyl sites for hydroxylation is 1. The van der Waals surface area contributed by atoms with E-state index in [4.69, 9.17) is 4.74 Å². The van der Waals surface area contributed by atoms with Crippen LogP contribution in [0.4, 0.5) is 0 Å². The maximum Gasteiger partial charge on any atom is 0.191 e. The molecule has 0 bridgehead atoms. The number of likely N-dealkylation sites (tertiary alicyclic amines) is 1. The van der Waals surface area contributed by atoms with Gasteiger partial charge in [-0.1, -0.05) is 6.92 Å². The van der Waals surface area contributed by atoms with Gasteiger partial charge in [-0.15, -0.1) is 10.2 Å². The van der Waals surface area contributed by atoms with E-state index in [-0.39, 0.29) is 0 Å². The van der Waals surface area contributed by atoms with Crippen molar-refractivity contribution in [3.63, 3.8) is 0 Å². The molecular weight excluding hydrogens is 330 g/mol. The number of methoxy groups -OCH3 is 1. The zero-order valence-electron chi connectivity index (χ0n) is 16.8. The lowest BCUT2D eigenvalue weighted by atomic mass is 9.99. The Bertz CT molecular complexity index is 550. The number of guanidine groups is 1. The topological polar surface area (TPSA) is 79.6 Å². The van der Waals surface area contributed by atoms with Gasteiger partial charge in [-0.05, 0) is 51.7 Å². The van der Waals surface area contributed by atoms with Crippen LogP contribution in [-0.2, 0) is 18.3 Å². The predicted molar refractivity (Wildman–Crippen MR) is 104 cm³/mol. The number of aromatic nitrogens is 3. The summed E-state index contributed by atoms with van der Waals surface area (Å²) in [6.07, 6.45) is 3.77. The van der Waals surface area contributed by atoms with Gasteiger partial charge in [0.15, 0.2) is 11.8 Å². The minimum absolute atomic E-state index is 0.504. The SMILES string of the molecule is COCCNC(=NCc1nnc(C)n1C)NCCCN1CCC(C)CC1. The van der Waals surface area contributed by atoms with Crippen LogP contribution in [0.2, 0.25) is 0 Å². The van der Waals surface area contributed by atoms with Crippen LogP contribution in [0.3, 0.4) is 0 Å². The quantitative estimate of drug-likeness (QED) is 0.385. The molecule has 2 heterocycles. The van der Waals surface area contributed by atoms with Crippen molar-refractivity contribution in [1.29, 1.82) is 0 Å². The van der Waals surface area contributed by atoms with E-state index in [1.54, 1.807) is 7.11 Å². The van der Waals surface area contributed by atoms with Crippen LogP contribution >= 0.6 is 0 Å². The van der Waals surface area contributed by atoms with Gasteiger partial charge in [0.2, 0.25) is 0 Å². The second kappa shape index (κ2) is 11.1. The normalized spacial score (nSPS) is 16.8. The maximum absolute atomic E-state index is 5.11. The molecule has 0 amide bonds. The summed E-state index contributed by atoms with van der Waals surface area (Å²) in [4.78, 5) is 7.20. The second-order valence-electron chi connectivity index (χ2n) is 7.11. The Morgan fingerprint density at radius 2 is 1.96 bits per heavy atom. The summed E-state index contributed by atoms with van der Waals surface area (Å²) in [5.41, 5.74) is 0. The number of rotatable bonds is 9. The first-order valence-electron chi connectivity index (χ1n) is 9.68. The molecule has 1 aliphatic heterocycles. The third kappa shape index (κ3) is 6.92. The minimum atomic E-state index is 0.504. The van der Waals surface area contributed by atoms with Crippen molar-refractivity contribution in [2.45, 2.75) is 39.7 Å². The first-order valence-corrected chi connectivity index (χ1v) is 9.68. The van der Waals surface area contributed by atoms with E-state index in [1.165, 1.54) is 25.9 Å². The molecule has 0 aromatic carbocycles. The number of ether oxygens (including phenoxy) is 1. The fourth-order valence-corrected chi connectivity index (χ4v) is 2.98. The molecule has 1 aliphatic rings. The van der Waals surface area contributed by atoms with Gasteiger partial charge >= 0.3 is 0 Å². The van der Waals surface area contributed by atoms with Crippen molar-refractivity contribution in [3.8, 4) is 0 Å². The van der Waals surface area contributed by atoms with Gasteiger partial charge in [0, 0.05) is 27.2 Å². The maximum atomic E-state index is 5.11. The Labute approximate surface area is 157 Å². The summed E-state index contributed by atoms with van der Waals surface area (Å²) < 4.78 is 7.08. The summed E-state index contributed by atoms with van der Waals surface area (Å²) in [6.45, 7) is 10.7. The van der Waals surface area contributed by atoms with E-state index >= 15 is 0 Å². The highest BCUT2D eigenvalue weighted by Crippen LogP contribution is 2.15. The molecule has 8 nitrogen and oxygen atoms in total. The molecule has 148 valence electrons. The van der Waals surface area contributed by atoms with Crippen LogP contribution < -0.4 is 10.6 Å². The molecule has 0 unspecified atom stereocenters. The van der Waals surface area contributed by atoms with Crippen molar-refractivity contribution in [2.75, 3.05) is 46.4 Å². The third-order valence-electron chi connectivity index (χ3n) is 4.98. The van der Waals surface area contributed by atoms with Crippen molar-refractivity contribution in [2.24, 2.45) is 18.0 Å². The molecule has 26 heavy (non-hydrogen) atoms. The molecule has 2 rings (SSSR count). The number of hydrogen-bond donors (Lipinski definition) is 2. The summed E-state index contributed by atoms with van der Waals surface area (Å²) in [7, 11) is 3.67. The van der Waals surface area contributed by atoms with E-state index in [0.29, 0.717) is 13.2 Å². The van der Waals surface area contributed by atoms with Crippen LogP contribution in [0.1, 0.15) is 37.8 Å². The molecule has 0 aliphatic carbocycles. The fourth-order valence-electron chi connectivity index (χ4n) is 2.98. The molecule has 0 atom stereocenters. The van der Waals surface area contributed by atoms with Gasteiger partial charge in [-0.2, -0.15) is 0 Å². The van der Waals surface area contributed by atoms with Crippen LogP contribution in [0.5, 0.6) is 0 Å². The lowest BCUT2D eigenvalue weighted by molar-refractivity contribution is 0.191. The second-order valence-corrected chi connectivity index (χ2v) is 7.11. The van der Waals surface area contributed by atoms with Crippen LogP contribution in [-0.4, -0.2) is 72.1 Å². The lowest BCUT2D eigenvalue weighted by Gasteiger charge is -2.30. The van der Waals surface area contributed by atoms with Gasteiger partial charge in [0.25, 0.3) is 0 Å². The number of nitrogens with zero attached hydrogens (tertiary/aromatic N) is 5. The first-order chi connectivity index (χ1) is 12.6. The summed E-state index contributed by atoms with van der Waals surface area (Å²) in [5.74, 6) is 3.44. The van der Waals surface area contributed by atoms with Crippen LogP contribution in [0, 0.1) is 12.8 Å². The van der Waals surface area contributed by atoms with E-state index in [1.807, 2.05) is 18.5 Å². The average molecular weight is 366 g/mol. The smallest absolute Gasteiger partial charge is 0.191 e. The van der Waals surface area contributed by atoms with Gasteiger partial charge in [-0.3, -0.25) is 0 Å². The monoisotopic (exact) mass is 365 g/mol. The van der Waals surface area contributed by atoms with E-state index < -0.39 is 0 Å². The average Bonchev–Trinajstić information content (AvgIpc) is 2.96. The standard InChI is InChI=1S/C18H35N7O/c1-15-6-11-25(12-7-15)10-5-8-19-18(20-9-13-26-4)21-14-17-23-22-16(2)24(17)3/h15H,5-14H2,1-4H3,(H2,19,20,21). The van der Waals surface area contributed by atoms with Crippen LogP contribution in [0.25, 0.3) is 0 Å². The molecular formula is C18H35N7O. The third-order valence-corrected chi connectivity index (χ3v) is 4.98. The van der Waals surface area contributed by atoms with E-state index in [2.05, 4.69) is 37.6 Å². The molecule has 0 radical (unpaired) electrons. The molecule has 0 spiro atoms. The highest BCUT2D eigenvalue weighted by atomic mass is 16.5. The van der Waals surface area contributed by atoms with E-state index in [9.17, 15) is 0 Å². The Kier molecular flexibility index (Phi) is 8.84. The highest BCUT2D eigenvalue weighted by molar-refractivity contribution is 5.79. The number of aliphatic imine (C=N–C) groups is 1. The van der Waals surface area contributed by atoms with Gasteiger partial charge in [0.1, 0.15) is 12.4 Å². The molecule has 8 heteroatoms. The number of piperidine rings is 1.